The molecule has 368 valence electrons. The van der Waals surface area contributed by atoms with Crippen LogP contribution in [0.15, 0.2) is 12.2 Å². The highest BCUT2D eigenvalue weighted by Gasteiger charge is 2.20. The first-order valence-corrected chi connectivity index (χ1v) is 27.9. The van der Waals surface area contributed by atoms with Gasteiger partial charge in [-0.25, -0.2) is 0 Å². The van der Waals surface area contributed by atoms with E-state index in [0.717, 1.165) is 70.6 Å². The molecule has 0 aromatic heterocycles. The third-order valence-electron chi connectivity index (χ3n) is 13.1. The van der Waals surface area contributed by atoms with Gasteiger partial charge in [-0.3, -0.25) is 9.59 Å². The molecule has 0 aromatic rings. The van der Waals surface area contributed by atoms with Crippen molar-refractivity contribution in [3.63, 3.8) is 0 Å². The molecule has 0 radical (unpaired) electrons. The van der Waals surface area contributed by atoms with Crippen LogP contribution in [0, 0.1) is 0 Å². The van der Waals surface area contributed by atoms with E-state index in [-0.39, 0.29) is 18.5 Å². The number of ether oxygens (including phenoxy) is 1. The average Bonchev–Trinajstić information content (AvgIpc) is 3.27. The van der Waals surface area contributed by atoms with Crippen molar-refractivity contribution in [1.29, 1.82) is 0 Å². The van der Waals surface area contributed by atoms with Crippen LogP contribution in [-0.2, 0) is 14.3 Å². The molecule has 6 nitrogen and oxygen atoms in total. The Morgan fingerprint density at radius 2 is 0.774 bits per heavy atom. The van der Waals surface area contributed by atoms with Gasteiger partial charge in [0, 0.05) is 12.8 Å². The van der Waals surface area contributed by atoms with E-state index in [1.54, 1.807) is 0 Å². The molecule has 3 N–H and O–H groups in total. The first kappa shape index (κ1) is 60.6. The minimum atomic E-state index is -0.695. The lowest BCUT2D eigenvalue weighted by Gasteiger charge is -2.22. The van der Waals surface area contributed by atoms with Crippen LogP contribution in [0.2, 0.25) is 0 Å². The summed E-state index contributed by atoms with van der Waals surface area (Å²) in [5.74, 6) is -0.127. The summed E-state index contributed by atoms with van der Waals surface area (Å²) < 4.78 is 5.43. The molecule has 0 fully saturated rings. The summed E-state index contributed by atoms with van der Waals surface area (Å²) in [5, 5.41) is 23.3. The van der Waals surface area contributed by atoms with E-state index in [1.165, 1.54) is 205 Å². The molecule has 0 aliphatic rings. The van der Waals surface area contributed by atoms with Crippen LogP contribution < -0.4 is 5.32 Å². The lowest BCUT2D eigenvalue weighted by Crippen LogP contribution is -2.45. The van der Waals surface area contributed by atoms with Crippen LogP contribution in [0.4, 0.5) is 0 Å². The van der Waals surface area contributed by atoms with Gasteiger partial charge < -0.3 is 20.3 Å². The molecular formula is C56H109NO5. The number of nitrogens with one attached hydrogen (secondary N) is 1. The minimum absolute atomic E-state index is 0.0348. The summed E-state index contributed by atoms with van der Waals surface area (Å²) in [6.45, 7) is 4.88. The van der Waals surface area contributed by atoms with Crippen molar-refractivity contribution in [3.05, 3.63) is 12.2 Å². The topological polar surface area (TPSA) is 95.9 Å². The zero-order chi connectivity index (χ0) is 45.1. The normalized spacial score (nSPS) is 12.6. The molecule has 0 spiro atoms. The molecule has 0 aliphatic heterocycles. The number of carbonyl (C=O) groups excluding carboxylic acids is 2. The Bertz CT molecular complexity index is 924. The summed E-state index contributed by atoms with van der Waals surface area (Å²) in [6, 6.07) is -0.578. The molecule has 0 saturated carbocycles. The van der Waals surface area contributed by atoms with Gasteiger partial charge in [0.2, 0.25) is 5.91 Å². The number of esters is 1. The van der Waals surface area contributed by atoms with Gasteiger partial charge in [-0.1, -0.05) is 264 Å². The maximum Gasteiger partial charge on any atom is 0.305 e. The van der Waals surface area contributed by atoms with Gasteiger partial charge in [0.1, 0.15) is 0 Å². The predicted molar refractivity (Wildman–Crippen MR) is 269 cm³/mol. The van der Waals surface area contributed by atoms with Crippen molar-refractivity contribution in [1.82, 2.24) is 5.32 Å². The number of carbonyl (C=O) groups is 2. The van der Waals surface area contributed by atoms with Gasteiger partial charge >= 0.3 is 5.97 Å². The predicted octanol–water partition coefficient (Wildman–Crippen LogP) is 16.9. The van der Waals surface area contributed by atoms with Gasteiger partial charge in [-0.2, -0.15) is 0 Å². The van der Waals surface area contributed by atoms with Crippen molar-refractivity contribution < 1.29 is 24.5 Å². The van der Waals surface area contributed by atoms with Gasteiger partial charge in [-0.05, 0) is 44.9 Å². The highest BCUT2D eigenvalue weighted by Crippen LogP contribution is 2.17. The van der Waals surface area contributed by atoms with Crippen molar-refractivity contribution in [2.45, 2.75) is 321 Å². The quantitative estimate of drug-likeness (QED) is 0.0321. The van der Waals surface area contributed by atoms with E-state index >= 15 is 0 Å². The number of hydrogen-bond donors (Lipinski definition) is 3. The molecule has 1 amide bonds. The Kier molecular flexibility index (Phi) is 51.0. The fourth-order valence-corrected chi connectivity index (χ4v) is 8.76. The smallest absolute Gasteiger partial charge is 0.305 e. The van der Waals surface area contributed by atoms with Crippen LogP contribution >= 0.6 is 0 Å². The molecule has 2 unspecified atom stereocenters. The Hall–Kier alpha value is -1.40. The summed E-state index contributed by atoms with van der Waals surface area (Å²) >= 11 is 0. The first-order valence-electron chi connectivity index (χ1n) is 27.9. The molecule has 0 rings (SSSR count). The number of hydrogen-bond acceptors (Lipinski definition) is 5. The zero-order valence-electron chi connectivity index (χ0n) is 41.9. The maximum absolute atomic E-state index is 12.5. The van der Waals surface area contributed by atoms with Crippen molar-refractivity contribution >= 4 is 11.9 Å². The molecule has 0 heterocycles. The first-order chi connectivity index (χ1) is 30.5. The standard InChI is InChI=1S/C56H109NO5/c1-3-5-7-9-11-13-15-16-17-18-19-20-21-22-23-24-25-26-27-28-30-32-36-40-44-48-54(59)53(52-58)57-55(60)49-45-41-37-33-31-35-39-43-47-51-62-56(61)50-46-42-38-34-29-14-12-10-8-6-4-2/h33,37,53-54,58-59H,3-32,34-36,38-52H2,1-2H3,(H,57,60)/b37-33-. The average molecular weight is 876 g/mol. The summed E-state index contributed by atoms with van der Waals surface area (Å²) in [5.41, 5.74) is 0. The van der Waals surface area contributed by atoms with Crippen LogP contribution in [0.5, 0.6) is 0 Å². The number of unbranched alkanes of at least 4 members (excludes halogenated alkanes) is 39. The molecule has 0 saturated heterocycles. The van der Waals surface area contributed by atoms with Crippen LogP contribution in [-0.4, -0.2) is 47.4 Å². The number of aliphatic hydroxyl groups excluding tert-OH is 2. The molecule has 0 aliphatic carbocycles. The molecular weight excluding hydrogens is 767 g/mol. The van der Waals surface area contributed by atoms with E-state index in [1.807, 2.05) is 0 Å². The van der Waals surface area contributed by atoms with E-state index in [2.05, 4.69) is 31.3 Å². The number of amides is 1. The number of aliphatic hydroxyl groups is 2. The van der Waals surface area contributed by atoms with E-state index < -0.39 is 12.1 Å². The van der Waals surface area contributed by atoms with Crippen LogP contribution in [0.3, 0.4) is 0 Å². The molecule has 0 aromatic carbocycles. The van der Waals surface area contributed by atoms with Crippen molar-refractivity contribution in [3.8, 4) is 0 Å². The van der Waals surface area contributed by atoms with Crippen LogP contribution in [0.25, 0.3) is 0 Å². The van der Waals surface area contributed by atoms with E-state index in [9.17, 15) is 19.8 Å². The molecule has 62 heavy (non-hydrogen) atoms. The van der Waals surface area contributed by atoms with Gasteiger partial charge in [0.15, 0.2) is 0 Å². The SMILES string of the molecule is CCCCCCCCCCCCCCCCCCCCCCCCCCCC(O)C(CO)NC(=O)CCC/C=C\CCCCCCOC(=O)CCCCCCCCCCCCC. The van der Waals surface area contributed by atoms with Gasteiger partial charge in [-0.15, -0.1) is 0 Å². The van der Waals surface area contributed by atoms with Crippen LogP contribution in [0.1, 0.15) is 309 Å². The maximum atomic E-state index is 12.5. The summed E-state index contributed by atoms with van der Waals surface area (Å²) in [7, 11) is 0. The van der Waals surface area contributed by atoms with E-state index in [4.69, 9.17) is 4.74 Å². The number of allylic oxidation sites excluding steroid dienone is 2. The lowest BCUT2D eigenvalue weighted by molar-refractivity contribution is -0.143. The van der Waals surface area contributed by atoms with E-state index in [0.29, 0.717) is 25.9 Å². The summed E-state index contributed by atoms with van der Waals surface area (Å²) in [4.78, 5) is 24.4. The second kappa shape index (κ2) is 52.2. The zero-order valence-corrected chi connectivity index (χ0v) is 41.9. The van der Waals surface area contributed by atoms with Gasteiger partial charge in [0.05, 0.1) is 25.4 Å². The Labute approximate surface area is 387 Å². The fraction of sp³-hybridized carbons (Fsp3) is 0.929. The Balaban J connectivity index is 3.50. The second-order valence-electron chi connectivity index (χ2n) is 19.3. The molecule has 6 heteroatoms. The highest BCUT2D eigenvalue weighted by molar-refractivity contribution is 5.76. The molecule has 0 bridgehead atoms. The minimum Gasteiger partial charge on any atom is -0.466 e. The third kappa shape index (κ3) is 48.1. The monoisotopic (exact) mass is 876 g/mol. The highest BCUT2D eigenvalue weighted by atomic mass is 16.5. The lowest BCUT2D eigenvalue weighted by atomic mass is 10.0. The summed E-state index contributed by atoms with van der Waals surface area (Å²) in [6.07, 6.45) is 60.7. The van der Waals surface area contributed by atoms with Crippen molar-refractivity contribution in [2.75, 3.05) is 13.2 Å². The second-order valence-corrected chi connectivity index (χ2v) is 19.3. The Morgan fingerprint density at radius 1 is 0.435 bits per heavy atom. The largest absolute Gasteiger partial charge is 0.466 e. The van der Waals surface area contributed by atoms with Crippen molar-refractivity contribution in [2.24, 2.45) is 0 Å². The molecule has 2 atom stereocenters. The Morgan fingerprint density at radius 3 is 1.18 bits per heavy atom. The fourth-order valence-electron chi connectivity index (χ4n) is 8.76. The number of rotatable bonds is 52. The van der Waals surface area contributed by atoms with Gasteiger partial charge in [0.25, 0.3) is 0 Å². The third-order valence-corrected chi connectivity index (χ3v) is 13.1.